The van der Waals surface area contributed by atoms with E-state index in [0.29, 0.717) is 4.57 Å². The zero-order valence-corrected chi connectivity index (χ0v) is 18.9. The number of aromatic nitrogens is 2. The van der Waals surface area contributed by atoms with E-state index in [1.807, 2.05) is 10.3 Å². The van der Waals surface area contributed by atoms with E-state index in [2.05, 4.69) is 0 Å². The average molecular weight is 505 g/mol. The first kappa shape index (κ1) is 22.7. The second-order valence-corrected chi connectivity index (χ2v) is 9.22. The van der Waals surface area contributed by atoms with Gasteiger partial charge in [-0.2, -0.15) is 0 Å². The standard InChI is InChI=1S/C21H14Cl2N4O5S/c22-16-11-10-14(12-17(16)23)33(31,32)25-24-20(29)27-18-9-5-4-8-15(18)19(28)26(21(27)30)13-6-2-1-3-7-13/h1-12,25H,(H,24,29). The number of amides is 1. The number of carbonyl (C=O) groups excluding carboxylic acids is 1. The molecule has 0 aliphatic heterocycles. The monoisotopic (exact) mass is 504 g/mol. The molecule has 4 aromatic rings. The lowest BCUT2D eigenvalue weighted by Crippen LogP contribution is -2.49. The van der Waals surface area contributed by atoms with Gasteiger partial charge < -0.3 is 0 Å². The maximum absolute atomic E-state index is 13.2. The van der Waals surface area contributed by atoms with E-state index in [4.69, 9.17) is 23.2 Å². The molecule has 1 amide bonds. The molecule has 0 saturated heterocycles. The molecule has 12 heteroatoms. The van der Waals surface area contributed by atoms with Gasteiger partial charge >= 0.3 is 11.7 Å². The van der Waals surface area contributed by atoms with Gasteiger partial charge in [0.15, 0.2) is 0 Å². The van der Waals surface area contributed by atoms with E-state index >= 15 is 0 Å². The fourth-order valence-corrected chi connectivity index (χ4v) is 4.35. The summed E-state index contributed by atoms with van der Waals surface area (Å²) in [6, 6.07) is 16.5. The largest absolute Gasteiger partial charge is 0.345 e. The topological polar surface area (TPSA) is 119 Å². The van der Waals surface area contributed by atoms with E-state index in [9.17, 15) is 22.8 Å². The zero-order valence-electron chi connectivity index (χ0n) is 16.5. The number of halogens is 2. The molecule has 2 N–H and O–H groups in total. The Labute approximate surface area is 196 Å². The number of sulfonamides is 1. The Morgan fingerprint density at radius 3 is 2.21 bits per heavy atom. The van der Waals surface area contributed by atoms with Crippen molar-refractivity contribution in [3.8, 4) is 5.69 Å². The number of carbonyl (C=O) groups is 1. The van der Waals surface area contributed by atoms with Crippen LogP contribution in [-0.4, -0.2) is 23.6 Å². The Morgan fingerprint density at radius 1 is 0.848 bits per heavy atom. The van der Waals surface area contributed by atoms with Crippen molar-refractivity contribution < 1.29 is 13.2 Å². The van der Waals surface area contributed by atoms with Crippen LogP contribution in [0.4, 0.5) is 4.79 Å². The van der Waals surface area contributed by atoms with Crippen molar-refractivity contribution in [2.45, 2.75) is 4.90 Å². The molecule has 0 fully saturated rings. The fourth-order valence-electron chi connectivity index (χ4n) is 3.13. The average Bonchev–Trinajstić information content (AvgIpc) is 2.80. The van der Waals surface area contributed by atoms with Crippen LogP contribution in [0.25, 0.3) is 16.6 Å². The van der Waals surface area contributed by atoms with Gasteiger partial charge in [-0.1, -0.05) is 53.5 Å². The number of nitrogens with zero attached hydrogens (tertiary/aromatic N) is 2. The maximum atomic E-state index is 13.2. The van der Waals surface area contributed by atoms with Crippen LogP contribution in [0.2, 0.25) is 10.0 Å². The highest BCUT2D eigenvalue weighted by molar-refractivity contribution is 7.89. The molecule has 0 saturated carbocycles. The van der Waals surface area contributed by atoms with Crippen molar-refractivity contribution in [3.63, 3.8) is 0 Å². The lowest BCUT2D eigenvalue weighted by Gasteiger charge is -2.14. The summed E-state index contributed by atoms with van der Waals surface area (Å²) in [5.74, 6) is 0. The quantitative estimate of drug-likeness (QED) is 0.414. The third kappa shape index (κ3) is 4.29. The van der Waals surface area contributed by atoms with Crippen LogP contribution >= 0.6 is 23.2 Å². The van der Waals surface area contributed by atoms with Crippen LogP contribution in [0.1, 0.15) is 0 Å². The summed E-state index contributed by atoms with van der Waals surface area (Å²) in [7, 11) is -4.25. The van der Waals surface area contributed by atoms with Gasteiger partial charge in [0.2, 0.25) is 0 Å². The summed E-state index contributed by atoms with van der Waals surface area (Å²) in [4.78, 5) is 40.7. The highest BCUT2D eigenvalue weighted by atomic mass is 35.5. The van der Waals surface area contributed by atoms with Gasteiger partial charge in [0.25, 0.3) is 15.6 Å². The molecule has 4 rings (SSSR count). The van der Waals surface area contributed by atoms with Crippen molar-refractivity contribution in [2.75, 3.05) is 0 Å². The number of para-hydroxylation sites is 2. The van der Waals surface area contributed by atoms with Crippen molar-refractivity contribution >= 4 is 50.2 Å². The normalized spacial score (nSPS) is 11.5. The third-order valence-electron chi connectivity index (χ3n) is 4.67. The van der Waals surface area contributed by atoms with Gasteiger partial charge in [-0.15, -0.1) is 4.83 Å². The summed E-state index contributed by atoms with van der Waals surface area (Å²) < 4.78 is 26.6. The lowest BCUT2D eigenvalue weighted by molar-refractivity contribution is 0.240. The SMILES string of the molecule is O=C(NNS(=O)(=O)c1ccc(Cl)c(Cl)c1)n1c(=O)n(-c2ccccc2)c(=O)c2ccccc21. The van der Waals surface area contributed by atoms with Gasteiger partial charge in [-0.25, -0.2) is 27.1 Å². The summed E-state index contributed by atoms with van der Waals surface area (Å²) in [5.41, 5.74) is 0.651. The number of rotatable bonds is 4. The Balaban J connectivity index is 1.78. The first-order valence-electron chi connectivity index (χ1n) is 9.30. The van der Waals surface area contributed by atoms with Crippen LogP contribution in [0, 0.1) is 0 Å². The maximum Gasteiger partial charge on any atom is 0.345 e. The van der Waals surface area contributed by atoms with E-state index < -0.39 is 27.3 Å². The highest BCUT2D eigenvalue weighted by Crippen LogP contribution is 2.24. The molecule has 0 aliphatic carbocycles. The van der Waals surface area contributed by atoms with Crippen LogP contribution in [0.3, 0.4) is 0 Å². The molecular formula is C21H14Cl2N4O5S. The van der Waals surface area contributed by atoms with Crippen LogP contribution in [0.5, 0.6) is 0 Å². The summed E-state index contributed by atoms with van der Waals surface area (Å²) in [5, 5.41) is 0.243. The Morgan fingerprint density at radius 2 is 1.52 bits per heavy atom. The summed E-state index contributed by atoms with van der Waals surface area (Å²) in [6.07, 6.45) is 0. The van der Waals surface area contributed by atoms with Crippen molar-refractivity contribution in [2.24, 2.45) is 0 Å². The van der Waals surface area contributed by atoms with Gasteiger partial charge in [0, 0.05) is 0 Å². The molecule has 0 bridgehead atoms. The highest BCUT2D eigenvalue weighted by Gasteiger charge is 2.21. The van der Waals surface area contributed by atoms with Gasteiger partial charge in [-0.05, 0) is 42.5 Å². The van der Waals surface area contributed by atoms with Crippen LogP contribution in [-0.2, 0) is 10.0 Å². The van der Waals surface area contributed by atoms with Gasteiger partial charge in [0.05, 0.1) is 31.5 Å². The Kier molecular flexibility index (Phi) is 6.09. The number of hydrogen-bond donors (Lipinski definition) is 2. The summed E-state index contributed by atoms with van der Waals surface area (Å²) >= 11 is 11.7. The molecule has 0 aliphatic rings. The first-order valence-corrected chi connectivity index (χ1v) is 11.5. The number of fused-ring (bicyclic) bond motifs is 1. The van der Waals surface area contributed by atoms with Crippen molar-refractivity contribution in [1.82, 2.24) is 19.4 Å². The van der Waals surface area contributed by atoms with E-state index in [0.717, 1.165) is 10.6 Å². The molecule has 3 aromatic carbocycles. The van der Waals surface area contributed by atoms with Crippen LogP contribution < -0.4 is 21.5 Å². The minimum absolute atomic E-state index is 0.00280. The van der Waals surface area contributed by atoms with E-state index in [1.54, 1.807) is 24.3 Å². The number of hydrazine groups is 1. The molecule has 168 valence electrons. The smallest absolute Gasteiger partial charge is 0.268 e. The van der Waals surface area contributed by atoms with Crippen LogP contribution in [0.15, 0.2) is 87.3 Å². The molecule has 0 radical (unpaired) electrons. The molecule has 0 unspecified atom stereocenters. The molecule has 0 spiro atoms. The third-order valence-corrected chi connectivity index (χ3v) is 6.66. The minimum Gasteiger partial charge on any atom is -0.268 e. The molecule has 1 aromatic heterocycles. The molecule has 9 nitrogen and oxygen atoms in total. The lowest BCUT2D eigenvalue weighted by atomic mass is 10.2. The Hall–Kier alpha value is -3.44. The molecule has 33 heavy (non-hydrogen) atoms. The zero-order chi connectivity index (χ0) is 23.8. The number of benzene rings is 3. The van der Waals surface area contributed by atoms with E-state index in [1.165, 1.54) is 42.5 Å². The number of nitrogens with one attached hydrogen (secondary N) is 2. The second kappa shape index (κ2) is 8.83. The van der Waals surface area contributed by atoms with Gasteiger partial charge in [-0.3, -0.25) is 10.2 Å². The van der Waals surface area contributed by atoms with Gasteiger partial charge in [0.1, 0.15) is 0 Å². The predicted molar refractivity (Wildman–Crippen MR) is 125 cm³/mol. The predicted octanol–water partition coefficient (Wildman–Crippen LogP) is 2.91. The van der Waals surface area contributed by atoms with Crippen molar-refractivity contribution in [1.29, 1.82) is 0 Å². The fraction of sp³-hybridized carbons (Fsp3) is 0. The van der Waals surface area contributed by atoms with Crippen molar-refractivity contribution in [3.05, 3.63) is 104 Å². The second-order valence-electron chi connectivity index (χ2n) is 6.72. The first-order chi connectivity index (χ1) is 15.7. The minimum atomic E-state index is -4.25. The molecule has 0 atom stereocenters. The Bertz CT molecular complexity index is 1620. The van der Waals surface area contributed by atoms with E-state index in [-0.39, 0.29) is 31.5 Å². The number of hydrogen-bond acceptors (Lipinski definition) is 5. The molecule has 1 heterocycles. The molecular weight excluding hydrogens is 491 g/mol. The summed E-state index contributed by atoms with van der Waals surface area (Å²) in [6.45, 7) is 0.